The number of nitrogens with two attached hydrogens (primary N) is 1. The minimum atomic E-state index is -4.86. The van der Waals surface area contributed by atoms with Gasteiger partial charge in [0.05, 0.1) is 39.0 Å². The summed E-state index contributed by atoms with van der Waals surface area (Å²) < 4.78 is 66.5. The zero-order valence-corrected chi connectivity index (χ0v) is 34.5. The van der Waals surface area contributed by atoms with Crippen molar-refractivity contribution in [1.82, 2.24) is 0 Å². The number of nitrogen functional groups attached to an aromatic ring is 1. The zero-order valence-electron chi connectivity index (χ0n) is 30.9. The van der Waals surface area contributed by atoms with Crippen molar-refractivity contribution in [2.75, 3.05) is 5.73 Å². The molecule has 0 amide bonds. The van der Waals surface area contributed by atoms with Crippen molar-refractivity contribution in [2.45, 2.75) is 30.6 Å². The van der Waals surface area contributed by atoms with Gasteiger partial charge < -0.3 is 15.9 Å². The van der Waals surface area contributed by atoms with Crippen LogP contribution in [0.4, 0.5) is 39.8 Å². The molecule has 0 unspecified atom stereocenters. The number of fused-ring (bicyclic) bond motifs is 1. The molecule has 0 radical (unpaired) electrons. The van der Waals surface area contributed by atoms with Gasteiger partial charge in [0.2, 0.25) is 11.8 Å². The maximum atomic E-state index is 12.0. The molecule has 57 heavy (non-hydrogen) atoms. The number of nitrogens with zero attached hydrogens (tertiary/aromatic N) is 6. The van der Waals surface area contributed by atoms with Crippen LogP contribution < -0.4 is 35.3 Å². The van der Waals surface area contributed by atoms with E-state index in [1.807, 2.05) is 13.8 Å². The van der Waals surface area contributed by atoms with E-state index in [9.17, 15) is 36.2 Å². The number of anilines is 1. The molecule has 0 aliphatic heterocycles. The summed E-state index contributed by atoms with van der Waals surface area (Å²) in [6, 6.07) is 27.9. The molecule has 18 heteroatoms. The van der Waals surface area contributed by atoms with Gasteiger partial charge in [-0.25, -0.2) is 9.98 Å². The van der Waals surface area contributed by atoms with Gasteiger partial charge in [-0.1, -0.05) is 6.07 Å². The Morgan fingerprint density at radius 3 is 1.65 bits per heavy atom. The molecule has 15 nitrogen and oxygen atoms in total. The molecule has 6 N–H and O–H groups in total. The van der Waals surface area contributed by atoms with Gasteiger partial charge in [-0.05, 0) is 146 Å². The maximum Gasteiger partial charge on any atom is 1.00 e. The van der Waals surface area contributed by atoms with Gasteiger partial charge >= 0.3 is 29.6 Å². The molecular weight excluding hydrogens is 782 g/mol. The number of aliphatic hydroxyl groups is 2. The summed E-state index contributed by atoms with van der Waals surface area (Å²) in [5.74, 6) is -0.370. The van der Waals surface area contributed by atoms with E-state index < -0.39 is 30.0 Å². The Kier molecular flexibility index (Phi) is 12.8. The molecule has 0 aromatic heterocycles. The normalized spacial score (nSPS) is 12.7. The van der Waals surface area contributed by atoms with Crippen molar-refractivity contribution in [3.05, 3.63) is 137 Å². The molecule has 0 aliphatic rings. The van der Waals surface area contributed by atoms with Crippen LogP contribution in [0.1, 0.15) is 27.8 Å². The molecule has 0 saturated carbocycles. The number of aryl methyl sites for hydroxylation is 3. The van der Waals surface area contributed by atoms with Gasteiger partial charge in [0.25, 0.3) is 20.2 Å². The third-order valence-corrected chi connectivity index (χ3v) is 10.2. The Hall–Kier alpha value is -5.66. The third kappa shape index (κ3) is 10.4. The fraction of sp³-hybridized carbons (Fsp3) is 0.0769. The Labute approximate surface area is 349 Å². The van der Waals surface area contributed by atoms with E-state index in [-0.39, 0.29) is 57.8 Å². The van der Waals surface area contributed by atoms with Gasteiger partial charge in [-0.2, -0.15) is 37.3 Å². The summed E-state index contributed by atoms with van der Waals surface area (Å²) in [6.07, 6.45) is 0. The Bertz CT molecular complexity index is 2860. The summed E-state index contributed by atoms with van der Waals surface area (Å²) in [7, 11) is -9.61. The molecule has 284 valence electrons. The predicted molar refractivity (Wildman–Crippen MR) is 214 cm³/mol. The molecule has 0 fully saturated rings. The standard InChI is InChI=1S/C39H33N7O8S2.Na/c1-22-16-30(14-15-34(22)45-44-31-13-8-27-19-32(55(49,50)51)21-37(33(27)20-31)56(52,53)54)43-46-36-18-23(2)35(17-24(36)3)42-39(48)26-6-11-29(12-7-26)41-38(47)25-4-9-28(40)10-5-25;/h4-21H,40H2,1-3H3,(H,41,47)(H,42,48)(H,49,50,51)(H,52,53,54);/q;+1. The van der Waals surface area contributed by atoms with Crippen LogP contribution in [-0.4, -0.2) is 47.9 Å². The number of azo groups is 2. The van der Waals surface area contributed by atoms with Crippen LogP contribution in [0.5, 0.6) is 0 Å². The van der Waals surface area contributed by atoms with Crippen LogP contribution >= 0.6 is 0 Å². The van der Waals surface area contributed by atoms with E-state index in [1.54, 1.807) is 85.8 Å². The second-order valence-corrected chi connectivity index (χ2v) is 15.4. The summed E-state index contributed by atoms with van der Waals surface area (Å²) in [5, 5.41) is 38.5. The average Bonchev–Trinajstić information content (AvgIpc) is 3.14. The first-order valence-electron chi connectivity index (χ1n) is 16.5. The molecular formula is C39H33N7NaO8S2+. The van der Waals surface area contributed by atoms with Gasteiger partial charge in [-0.15, -0.1) is 0 Å². The minimum Gasteiger partial charge on any atom is -0.493 e. The number of hydrogen-bond donors (Lipinski definition) is 5. The first-order chi connectivity index (χ1) is 26.4. The van der Waals surface area contributed by atoms with Crippen LogP contribution in [0.15, 0.2) is 149 Å². The van der Waals surface area contributed by atoms with Crippen molar-refractivity contribution in [1.29, 1.82) is 0 Å². The number of hydrogen-bond acceptors (Lipinski definition) is 11. The minimum absolute atomic E-state index is 0. The molecule has 0 aliphatic carbocycles. The van der Waals surface area contributed by atoms with Crippen LogP contribution in [0.25, 0.3) is 10.8 Å². The summed E-state index contributed by atoms with van der Waals surface area (Å²) in [4.78, 5) is 7.23. The summed E-state index contributed by atoms with van der Waals surface area (Å²) >= 11 is 0. The fourth-order valence-corrected chi connectivity index (χ4v) is 6.79. The molecule has 6 aromatic rings. The molecule has 6 rings (SSSR count). The largest absolute Gasteiger partial charge is 1.00 e. The van der Waals surface area contributed by atoms with E-state index in [0.29, 0.717) is 56.9 Å². The maximum absolute atomic E-state index is 12.0. The molecule has 6 aromatic carbocycles. The Balaban J connectivity index is 0.00000620. The second kappa shape index (κ2) is 17.2. The van der Waals surface area contributed by atoms with E-state index in [1.165, 1.54) is 18.2 Å². The first-order valence-corrected chi connectivity index (χ1v) is 19.4. The van der Waals surface area contributed by atoms with Crippen molar-refractivity contribution in [3.8, 4) is 0 Å². The van der Waals surface area contributed by atoms with Gasteiger partial charge in [0.15, 0.2) is 0 Å². The van der Waals surface area contributed by atoms with Crippen LogP contribution in [0, 0.1) is 20.8 Å². The van der Waals surface area contributed by atoms with Crippen LogP contribution in [-0.2, 0) is 20.2 Å². The number of benzene rings is 6. The summed E-state index contributed by atoms with van der Waals surface area (Å²) in [5.41, 5.74) is 12.3. The number of aliphatic hydroxyl groups excluding tert-OH is 2. The average molecular weight is 815 g/mol. The SMILES string of the molecule is Cc1cc(N=Nc2cc(C)c(N=C(O)c3ccc(N=C(O)c4ccc(N)cc4)cc3)cc2C)ccc1N=Nc1ccc2cc(S(=O)(=O)O)cc(S(=O)(=O)O)c2c1.[Na+]. The Morgan fingerprint density at radius 2 is 1.04 bits per heavy atom. The van der Waals surface area contributed by atoms with E-state index in [4.69, 9.17) is 5.73 Å². The number of aliphatic imine (C=N–C) groups is 2. The Morgan fingerprint density at radius 1 is 0.526 bits per heavy atom. The van der Waals surface area contributed by atoms with Crippen molar-refractivity contribution in [2.24, 2.45) is 30.4 Å². The number of rotatable bonds is 10. The second-order valence-electron chi connectivity index (χ2n) is 12.6. The molecule has 0 bridgehead atoms. The van der Waals surface area contributed by atoms with Crippen LogP contribution in [0.2, 0.25) is 0 Å². The topological polar surface area (TPSA) is 249 Å². The fourth-order valence-electron chi connectivity index (χ4n) is 5.44. The van der Waals surface area contributed by atoms with Crippen LogP contribution in [0.3, 0.4) is 0 Å². The van der Waals surface area contributed by atoms with Crippen molar-refractivity contribution in [3.63, 3.8) is 0 Å². The smallest absolute Gasteiger partial charge is 0.493 e. The van der Waals surface area contributed by atoms with E-state index >= 15 is 0 Å². The molecule has 0 saturated heterocycles. The van der Waals surface area contributed by atoms with Crippen molar-refractivity contribution >= 4 is 82.6 Å². The van der Waals surface area contributed by atoms with Gasteiger partial charge in [0.1, 0.15) is 4.90 Å². The van der Waals surface area contributed by atoms with Gasteiger partial charge in [-0.3, -0.25) is 9.11 Å². The predicted octanol–water partition coefficient (Wildman–Crippen LogP) is 6.95. The monoisotopic (exact) mass is 814 g/mol. The molecule has 0 atom stereocenters. The third-order valence-electron chi connectivity index (χ3n) is 8.45. The van der Waals surface area contributed by atoms with Crippen molar-refractivity contribution < 1.29 is 65.7 Å². The quantitative estimate of drug-likeness (QED) is 0.0239. The summed E-state index contributed by atoms with van der Waals surface area (Å²) in [6.45, 7) is 5.47. The van der Waals surface area contributed by atoms with Gasteiger partial charge in [0, 0.05) is 22.2 Å². The first kappa shape index (κ1) is 42.5. The molecule has 0 spiro atoms. The van der Waals surface area contributed by atoms with E-state index in [0.717, 1.165) is 17.2 Å². The molecule has 0 heterocycles. The van der Waals surface area contributed by atoms with E-state index in [2.05, 4.69) is 30.4 Å². The zero-order chi connectivity index (χ0) is 40.4.